The molecule has 2 heterocycles. The first-order chi connectivity index (χ1) is 11.1. The summed E-state index contributed by atoms with van der Waals surface area (Å²) in [7, 11) is 0. The van der Waals surface area contributed by atoms with Crippen molar-refractivity contribution in [1.82, 2.24) is 4.90 Å². The van der Waals surface area contributed by atoms with E-state index in [1.54, 1.807) is 11.8 Å². The van der Waals surface area contributed by atoms with Gasteiger partial charge in [0.1, 0.15) is 5.58 Å². The van der Waals surface area contributed by atoms with Crippen LogP contribution in [0, 0.1) is 12.8 Å². The molecule has 0 N–H and O–H groups in total. The van der Waals surface area contributed by atoms with Gasteiger partial charge in [-0.3, -0.25) is 9.59 Å². The number of furan rings is 1. The second kappa shape index (κ2) is 6.44. The standard InChI is InChI=1S/C18H21NO4/c1-3-22-18(21)13-8-10-19(11-9-13)17(20)16-12(2)14-6-4-5-7-15(14)23-16/h4-7,13H,3,8-11H2,1-2H3. The second-order valence-electron chi connectivity index (χ2n) is 5.87. The highest BCUT2D eigenvalue weighted by Gasteiger charge is 2.30. The maximum Gasteiger partial charge on any atom is 0.309 e. The van der Waals surface area contributed by atoms with Crippen LogP contribution in [0.15, 0.2) is 28.7 Å². The maximum atomic E-state index is 12.7. The minimum absolute atomic E-state index is 0.0963. The monoisotopic (exact) mass is 315 g/mol. The Morgan fingerprint density at radius 2 is 1.96 bits per heavy atom. The molecule has 0 atom stereocenters. The van der Waals surface area contributed by atoms with E-state index in [4.69, 9.17) is 9.15 Å². The number of aryl methyl sites for hydroxylation is 1. The summed E-state index contributed by atoms with van der Waals surface area (Å²) in [4.78, 5) is 26.2. The molecule has 1 aromatic heterocycles. The fourth-order valence-corrected chi connectivity index (χ4v) is 3.10. The smallest absolute Gasteiger partial charge is 0.309 e. The van der Waals surface area contributed by atoms with Crippen LogP contribution in [0.2, 0.25) is 0 Å². The van der Waals surface area contributed by atoms with Gasteiger partial charge in [-0.2, -0.15) is 0 Å². The number of amides is 1. The Balaban J connectivity index is 1.72. The van der Waals surface area contributed by atoms with Gasteiger partial charge in [0.15, 0.2) is 5.76 Å². The van der Waals surface area contributed by atoms with E-state index in [1.807, 2.05) is 31.2 Å². The van der Waals surface area contributed by atoms with Gasteiger partial charge in [0.05, 0.1) is 12.5 Å². The molecule has 0 radical (unpaired) electrons. The predicted octanol–water partition coefficient (Wildman–Crippen LogP) is 3.16. The number of rotatable bonds is 3. The zero-order valence-electron chi connectivity index (χ0n) is 13.5. The molecule has 5 nitrogen and oxygen atoms in total. The summed E-state index contributed by atoms with van der Waals surface area (Å²) in [5, 5.41) is 0.970. The van der Waals surface area contributed by atoms with Crippen molar-refractivity contribution in [2.45, 2.75) is 26.7 Å². The van der Waals surface area contributed by atoms with Gasteiger partial charge in [-0.15, -0.1) is 0 Å². The highest BCUT2D eigenvalue weighted by atomic mass is 16.5. The average molecular weight is 315 g/mol. The van der Waals surface area contributed by atoms with Crippen molar-refractivity contribution in [3.8, 4) is 0 Å². The lowest BCUT2D eigenvalue weighted by Gasteiger charge is -2.30. The van der Waals surface area contributed by atoms with Crippen LogP contribution >= 0.6 is 0 Å². The van der Waals surface area contributed by atoms with E-state index in [0.29, 0.717) is 38.3 Å². The van der Waals surface area contributed by atoms with E-state index in [1.165, 1.54) is 0 Å². The Kier molecular flexibility index (Phi) is 4.37. The summed E-state index contributed by atoms with van der Waals surface area (Å²) in [6, 6.07) is 7.65. The minimum Gasteiger partial charge on any atom is -0.466 e. The quantitative estimate of drug-likeness (QED) is 0.816. The molecule has 5 heteroatoms. The minimum atomic E-state index is -0.153. The van der Waals surface area contributed by atoms with Crippen molar-refractivity contribution < 1.29 is 18.7 Å². The highest BCUT2D eigenvalue weighted by Crippen LogP contribution is 2.27. The number of ether oxygens (including phenoxy) is 1. The lowest BCUT2D eigenvalue weighted by molar-refractivity contribution is -0.149. The Morgan fingerprint density at radius 1 is 1.26 bits per heavy atom. The molecule has 1 saturated heterocycles. The topological polar surface area (TPSA) is 59.8 Å². The summed E-state index contributed by atoms with van der Waals surface area (Å²) in [5.74, 6) is 0.0529. The van der Waals surface area contributed by atoms with Gasteiger partial charge in [0, 0.05) is 24.0 Å². The van der Waals surface area contributed by atoms with E-state index in [2.05, 4.69) is 0 Å². The van der Waals surface area contributed by atoms with Crippen LogP contribution in [-0.4, -0.2) is 36.5 Å². The number of esters is 1. The van der Waals surface area contributed by atoms with Crippen molar-refractivity contribution in [2.24, 2.45) is 5.92 Å². The lowest BCUT2D eigenvalue weighted by Crippen LogP contribution is -2.40. The van der Waals surface area contributed by atoms with Crippen molar-refractivity contribution in [3.05, 3.63) is 35.6 Å². The number of piperidine rings is 1. The third kappa shape index (κ3) is 2.96. The van der Waals surface area contributed by atoms with Gasteiger partial charge < -0.3 is 14.1 Å². The second-order valence-corrected chi connectivity index (χ2v) is 5.87. The molecule has 1 fully saturated rings. The predicted molar refractivity (Wildman–Crippen MR) is 86.2 cm³/mol. The van der Waals surface area contributed by atoms with Gasteiger partial charge in [-0.25, -0.2) is 0 Å². The number of nitrogens with zero attached hydrogens (tertiary/aromatic N) is 1. The average Bonchev–Trinajstić information content (AvgIpc) is 2.92. The van der Waals surface area contributed by atoms with Crippen LogP contribution in [0.4, 0.5) is 0 Å². The summed E-state index contributed by atoms with van der Waals surface area (Å²) < 4.78 is 10.8. The molecule has 1 aliphatic heterocycles. The number of carbonyl (C=O) groups excluding carboxylic acids is 2. The fraction of sp³-hybridized carbons (Fsp3) is 0.444. The van der Waals surface area contributed by atoms with E-state index < -0.39 is 0 Å². The van der Waals surface area contributed by atoms with Crippen LogP contribution < -0.4 is 0 Å². The maximum absolute atomic E-state index is 12.7. The number of hydrogen-bond donors (Lipinski definition) is 0. The van der Waals surface area contributed by atoms with Crippen molar-refractivity contribution in [1.29, 1.82) is 0 Å². The van der Waals surface area contributed by atoms with Crippen molar-refractivity contribution in [3.63, 3.8) is 0 Å². The molecular weight excluding hydrogens is 294 g/mol. The van der Waals surface area contributed by atoms with Gasteiger partial charge in [-0.1, -0.05) is 18.2 Å². The molecule has 23 heavy (non-hydrogen) atoms. The molecule has 122 valence electrons. The van der Waals surface area contributed by atoms with Crippen LogP contribution in [0.3, 0.4) is 0 Å². The van der Waals surface area contributed by atoms with E-state index in [0.717, 1.165) is 16.5 Å². The number of para-hydroxylation sites is 1. The molecule has 1 aromatic carbocycles. The lowest BCUT2D eigenvalue weighted by atomic mass is 9.96. The molecule has 0 spiro atoms. The first kappa shape index (κ1) is 15.6. The summed E-state index contributed by atoms with van der Waals surface area (Å²) in [6.45, 7) is 5.22. The zero-order valence-corrected chi connectivity index (χ0v) is 13.5. The van der Waals surface area contributed by atoms with Crippen LogP contribution in [0.25, 0.3) is 11.0 Å². The summed E-state index contributed by atoms with van der Waals surface area (Å²) >= 11 is 0. The summed E-state index contributed by atoms with van der Waals surface area (Å²) in [5.41, 5.74) is 1.60. The van der Waals surface area contributed by atoms with Crippen LogP contribution in [0.1, 0.15) is 35.9 Å². The number of likely N-dealkylation sites (tertiary alicyclic amines) is 1. The number of carbonyl (C=O) groups is 2. The fourth-order valence-electron chi connectivity index (χ4n) is 3.10. The van der Waals surface area contributed by atoms with Crippen molar-refractivity contribution in [2.75, 3.05) is 19.7 Å². The Labute approximate surface area is 135 Å². The Bertz CT molecular complexity index is 726. The van der Waals surface area contributed by atoms with E-state index in [9.17, 15) is 9.59 Å². The van der Waals surface area contributed by atoms with E-state index in [-0.39, 0.29) is 17.8 Å². The highest BCUT2D eigenvalue weighted by molar-refractivity contribution is 5.99. The zero-order chi connectivity index (χ0) is 16.4. The van der Waals surface area contributed by atoms with Gasteiger partial charge in [-0.05, 0) is 32.8 Å². The summed E-state index contributed by atoms with van der Waals surface area (Å²) in [6.07, 6.45) is 1.29. The van der Waals surface area contributed by atoms with Gasteiger partial charge in [0.2, 0.25) is 0 Å². The number of fused-ring (bicyclic) bond motifs is 1. The number of benzene rings is 1. The molecule has 0 saturated carbocycles. The first-order valence-corrected chi connectivity index (χ1v) is 8.05. The third-order valence-electron chi connectivity index (χ3n) is 4.44. The molecular formula is C18H21NO4. The SMILES string of the molecule is CCOC(=O)C1CCN(C(=O)c2oc3ccccc3c2C)CC1. The number of hydrogen-bond acceptors (Lipinski definition) is 4. The molecule has 2 aromatic rings. The van der Waals surface area contributed by atoms with Crippen LogP contribution in [0.5, 0.6) is 0 Å². The normalized spacial score (nSPS) is 15.8. The first-order valence-electron chi connectivity index (χ1n) is 8.05. The van der Waals surface area contributed by atoms with E-state index >= 15 is 0 Å². The Morgan fingerprint density at radius 3 is 2.61 bits per heavy atom. The molecule has 0 unspecified atom stereocenters. The van der Waals surface area contributed by atoms with Gasteiger partial charge in [0.25, 0.3) is 5.91 Å². The van der Waals surface area contributed by atoms with Crippen LogP contribution in [-0.2, 0) is 9.53 Å². The largest absolute Gasteiger partial charge is 0.466 e. The molecule has 1 aliphatic rings. The molecule has 0 bridgehead atoms. The molecule has 0 aliphatic carbocycles. The molecule has 1 amide bonds. The van der Waals surface area contributed by atoms with Gasteiger partial charge >= 0.3 is 5.97 Å². The third-order valence-corrected chi connectivity index (χ3v) is 4.44. The Hall–Kier alpha value is -2.30. The molecule has 3 rings (SSSR count). The van der Waals surface area contributed by atoms with Crippen molar-refractivity contribution >= 4 is 22.8 Å².